The second-order valence-corrected chi connectivity index (χ2v) is 10.5. The molecule has 0 aromatic rings. The lowest BCUT2D eigenvalue weighted by Gasteiger charge is -2.58. The third-order valence-electron chi connectivity index (χ3n) is 7.93. The minimum atomic E-state index is -1.93. The van der Waals surface area contributed by atoms with Crippen molar-refractivity contribution in [2.24, 2.45) is 29.1 Å². The van der Waals surface area contributed by atoms with Crippen molar-refractivity contribution in [3.05, 3.63) is 11.6 Å². The number of aldehydes is 1. The van der Waals surface area contributed by atoms with E-state index in [9.17, 15) is 34.2 Å². The van der Waals surface area contributed by atoms with E-state index in [0.29, 0.717) is 37.5 Å². The van der Waals surface area contributed by atoms with E-state index in [0.717, 1.165) is 6.08 Å². The molecule has 0 bridgehead atoms. The van der Waals surface area contributed by atoms with Gasteiger partial charge >= 0.3 is 11.9 Å². The van der Waals surface area contributed by atoms with Gasteiger partial charge in [-0.2, -0.15) is 0 Å². The Balaban J connectivity index is 2.45. The van der Waals surface area contributed by atoms with Gasteiger partial charge in [-0.05, 0) is 45.4 Å². The molecule has 9 nitrogen and oxygen atoms in total. The quantitative estimate of drug-likeness (QED) is 0.170. The summed E-state index contributed by atoms with van der Waals surface area (Å²) in [7, 11) is 0. The SMILES string of the molecule is CCCC(COC(=O)CC(C)=CC(=O)O)C1C(C)(O)C(=O)C2CC(O)CCC2C1(C)C(=O)CC=O. The Morgan fingerprint density at radius 3 is 2.46 bits per heavy atom. The van der Waals surface area contributed by atoms with Crippen LogP contribution in [0.2, 0.25) is 0 Å². The van der Waals surface area contributed by atoms with Crippen LogP contribution in [0.15, 0.2) is 11.6 Å². The third kappa shape index (κ3) is 6.06. The van der Waals surface area contributed by atoms with Gasteiger partial charge in [0.15, 0.2) is 5.78 Å². The summed E-state index contributed by atoms with van der Waals surface area (Å²) in [6.07, 6.45) is 2.21. The second kappa shape index (κ2) is 11.6. The number of carbonyl (C=O) groups is 5. The van der Waals surface area contributed by atoms with Crippen LogP contribution in [0.5, 0.6) is 0 Å². The predicted molar refractivity (Wildman–Crippen MR) is 125 cm³/mol. The maximum absolute atomic E-state index is 13.5. The molecule has 0 amide bonds. The van der Waals surface area contributed by atoms with Crippen molar-refractivity contribution < 1.29 is 44.0 Å². The van der Waals surface area contributed by atoms with Gasteiger partial charge in [-0.3, -0.25) is 14.4 Å². The largest absolute Gasteiger partial charge is 0.478 e. The minimum Gasteiger partial charge on any atom is -0.478 e. The highest BCUT2D eigenvalue weighted by atomic mass is 16.5. The first kappa shape index (κ1) is 28.8. The maximum Gasteiger partial charge on any atom is 0.328 e. The molecule has 2 aliphatic rings. The van der Waals surface area contributed by atoms with Gasteiger partial charge in [0.1, 0.15) is 17.7 Å². The van der Waals surface area contributed by atoms with Crippen LogP contribution in [0.1, 0.15) is 72.6 Å². The lowest BCUT2D eigenvalue weighted by Crippen LogP contribution is -2.67. The number of aliphatic hydroxyl groups excluding tert-OH is 1. The first-order valence-corrected chi connectivity index (χ1v) is 12.3. The van der Waals surface area contributed by atoms with E-state index in [1.807, 2.05) is 6.92 Å². The van der Waals surface area contributed by atoms with Gasteiger partial charge in [0.25, 0.3) is 0 Å². The number of ether oxygens (including phenoxy) is 1. The summed E-state index contributed by atoms with van der Waals surface area (Å²) in [6.45, 7) is 6.32. The average molecular weight is 495 g/mol. The molecule has 9 heteroatoms. The molecule has 0 aromatic heterocycles. The molecule has 7 atom stereocenters. The van der Waals surface area contributed by atoms with Gasteiger partial charge in [-0.1, -0.05) is 25.8 Å². The second-order valence-electron chi connectivity index (χ2n) is 10.5. The molecular formula is C26H38O9. The van der Waals surface area contributed by atoms with Crippen LogP contribution in [-0.2, 0) is 28.7 Å². The number of hydrogen-bond donors (Lipinski definition) is 3. The molecule has 2 saturated carbocycles. The van der Waals surface area contributed by atoms with E-state index in [1.165, 1.54) is 13.8 Å². The van der Waals surface area contributed by atoms with Crippen molar-refractivity contribution in [3.63, 3.8) is 0 Å². The van der Waals surface area contributed by atoms with Gasteiger partial charge < -0.3 is 24.9 Å². The number of esters is 1. The Kier molecular flexibility index (Phi) is 9.53. The monoisotopic (exact) mass is 494 g/mol. The highest BCUT2D eigenvalue weighted by Crippen LogP contribution is 2.59. The van der Waals surface area contributed by atoms with Crippen LogP contribution in [0.25, 0.3) is 0 Å². The molecule has 2 rings (SSSR count). The molecule has 35 heavy (non-hydrogen) atoms. The lowest BCUT2D eigenvalue weighted by atomic mass is 9.45. The van der Waals surface area contributed by atoms with Crippen molar-refractivity contribution in [2.45, 2.75) is 84.3 Å². The van der Waals surface area contributed by atoms with Crippen LogP contribution < -0.4 is 0 Å². The van der Waals surface area contributed by atoms with Crippen molar-refractivity contribution in [3.8, 4) is 0 Å². The Labute approximate surface area is 205 Å². The number of rotatable bonds is 11. The van der Waals surface area contributed by atoms with Gasteiger partial charge in [0.2, 0.25) is 0 Å². The Morgan fingerprint density at radius 2 is 1.89 bits per heavy atom. The van der Waals surface area contributed by atoms with Crippen LogP contribution in [0.4, 0.5) is 0 Å². The molecule has 2 fully saturated rings. The molecular weight excluding hydrogens is 456 g/mol. The Bertz CT molecular complexity index is 874. The first-order chi connectivity index (χ1) is 16.3. The number of carboxylic acid groups (broad SMARTS) is 1. The van der Waals surface area contributed by atoms with E-state index >= 15 is 0 Å². The van der Waals surface area contributed by atoms with Gasteiger partial charge in [0.05, 0.1) is 25.6 Å². The van der Waals surface area contributed by atoms with Crippen LogP contribution >= 0.6 is 0 Å². The standard InChI is InChI=1S/C26H38O9/c1-5-6-16(14-35-22(32)12-15(2)11-21(30)31)23-25(3,20(29)9-10-27)19-8-7-17(28)13-18(19)24(33)26(23,4)34/h10-11,16-19,23,28,34H,5-9,12-14H2,1-4H3,(H,30,31). The fraction of sp³-hybridized carbons (Fsp3) is 0.731. The zero-order valence-corrected chi connectivity index (χ0v) is 21.0. The number of aliphatic carboxylic acids is 1. The van der Waals surface area contributed by atoms with Crippen LogP contribution in [0, 0.1) is 29.1 Å². The highest BCUT2D eigenvalue weighted by molar-refractivity contribution is 5.99. The van der Waals surface area contributed by atoms with Crippen molar-refractivity contribution in [1.82, 2.24) is 0 Å². The molecule has 0 aliphatic heterocycles. The van der Waals surface area contributed by atoms with E-state index in [2.05, 4.69) is 0 Å². The number of carbonyl (C=O) groups excluding carboxylic acids is 4. The van der Waals surface area contributed by atoms with Crippen molar-refractivity contribution in [2.75, 3.05) is 6.61 Å². The molecule has 7 unspecified atom stereocenters. The van der Waals surface area contributed by atoms with E-state index < -0.39 is 58.5 Å². The molecule has 0 radical (unpaired) electrons. The molecule has 0 heterocycles. The molecule has 196 valence electrons. The molecule has 0 spiro atoms. The maximum atomic E-state index is 13.5. The normalized spacial score (nSPS) is 34.0. The predicted octanol–water partition coefficient (Wildman–Crippen LogP) is 2.26. The van der Waals surface area contributed by atoms with Gasteiger partial charge in [-0.25, -0.2) is 4.79 Å². The summed E-state index contributed by atoms with van der Waals surface area (Å²) in [4.78, 5) is 61.5. The zero-order valence-electron chi connectivity index (χ0n) is 21.0. The topological polar surface area (TPSA) is 155 Å². The summed E-state index contributed by atoms with van der Waals surface area (Å²) in [6, 6.07) is 0. The van der Waals surface area contributed by atoms with Gasteiger partial charge in [0, 0.05) is 29.2 Å². The summed E-state index contributed by atoms with van der Waals surface area (Å²) < 4.78 is 5.46. The van der Waals surface area contributed by atoms with Crippen molar-refractivity contribution in [1.29, 1.82) is 0 Å². The summed E-state index contributed by atoms with van der Waals surface area (Å²) >= 11 is 0. The van der Waals surface area contributed by atoms with Crippen molar-refractivity contribution >= 4 is 29.8 Å². The highest BCUT2D eigenvalue weighted by Gasteiger charge is 2.66. The summed E-state index contributed by atoms with van der Waals surface area (Å²) in [5, 5.41) is 30.6. The van der Waals surface area contributed by atoms with Crippen LogP contribution in [-0.4, -0.2) is 63.4 Å². The smallest absolute Gasteiger partial charge is 0.328 e. The first-order valence-electron chi connectivity index (χ1n) is 12.3. The Morgan fingerprint density at radius 1 is 1.23 bits per heavy atom. The fourth-order valence-electron chi connectivity index (χ4n) is 6.58. The lowest BCUT2D eigenvalue weighted by molar-refractivity contribution is -0.197. The fourth-order valence-corrected chi connectivity index (χ4v) is 6.58. The average Bonchev–Trinajstić information content (AvgIpc) is 2.75. The molecule has 0 aromatic carbocycles. The van der Waals surface area contributed by atoms with Gasteiger partial charge in [-0.15, -0.1) is 0 Å². The molecule has 3 N–H and O–H groups in total. The van der Waals surface area contributed by atoms with E-state index in [-0.39, 0.29) is 31.7 Å². The molecule has 2 aliphatic carbocycles. The number of carboxylic acids is 1. The number of Topliss-reactive ketones (excluding diaryl/α,β-unsaturated/α-hetero) is 2. The minimum absolute atomic E-state index is 0.152. The number of hydrogen-bond acceptors (Lipinski definition) is 8. The van der Waals surface area contributed by atoms with E-state index in [4.69, 9.17) is 9.84 Å². The number of ketones is 2. The summed E-state index contributed by atoms with van der Waals surface area (Å²) in [5.74, 6) is -5.25. The third-order valence-corrected chi connectivity index (χ3v) is 7.93. The van der Waals surface area contributed by atoms with E-state index in [1.54, 1.807) is 6.92 Å². The Hall–Kier alpha value is -2.39. The van der Waals surface area contributed by atoms with Crippen LogP contribution in [0.3, 0.4) is 0 Å². The summed E-state index contributed by atoms with van der Waals surface area (Å²) in [5.41, 5.74) is -2.87. The number of aliphatic hydroxyl groups is 2. The number of fused-ring (bicyclic) bond motifs is 1. The molecule has 0 saturated heterocycles. The zero-order chi connectivity index (χ0) is 26.6.